The van der Waals surface area contributed by atoms with Crippen LogP contribution in [0.5, 0.6) is 11.5 Å². The Morgan fingerprint density at radius 2 is 1.69 bits per heavy atom. The van der Waals surface area contributed by atoms with Crippen LogP contribution in [0.25, 0.3) is 16.8 Å². The van der Waals surface area contributed by atoms with Crippen molar-refractivity contribution in [1.29, 1.82) is 0 Å². The highest BCUT2D eigenvalue weighted by Gasteiger charge is 2.24. The Balaban J connectivity index is 1.35. The number of ether oxygens (including phenoxy) is 2. The molecule has 0 spiro atoms. The number of amides is 1. The molecule has 0 bridgehead atoms. The first-order valence-electron chi connectivity index (χ1n) is 11.4. The Morgan fingerprint density at radius 1 is 0.886 bits per heavy atom. The second-order valence-electron chi connectivity index (χ2n) is 7.88. The zero-order valence-electron chi connectivity index (χ0n) is 19.2. The molecule has 35 heavy (non-hydrogen) atoms. The predicted molar refractivity (Wildman–Crippen MR) is 143 cm³/mol. The third kappa shape index (κ3) is 5.39. The van der Waals surface area contributed by atoms with E-state index in [0.717, 1.165) is 16.8 Å². The molecule has 0 aromatic heterocycles. The zero-order valence-corrected chi connectivity index (χ0v) is 20.0. The summed E-state index contributed by atoms with van der Waals surface area (Å²) in [7, 11) is 0. The van der Waals surface area contributed by atoms with Crippen LogP contribution < -0.4 is 14.8 Å². The highest BCUT2D eigenvalue weighted by molar-refractivity contribution is 8.18. The topological polar surface area (TPSA) is 59.9 Å². The Hall–Kier alpha value is -4.03. The lowest BCUT2D eigenvalue weighted by molar-refractivity contribution is -0.115. The lowest BCUT2D eigenvalue weighted by atomic mass is 10.1. The van der Waals surface area contributed by atoms with Crippen molar-refractivity contribution in [3.05, 3.63) is 107 Å². The molecule has 1 heterocycles. The summed E-state index contributed by atoms with van der Waals surface area (Å²) in [6.45, 7) is 2.87. The van der Waals surface area contributed by atoms with E-state index < -0.39 is 0 Å². The van der Waals surface area contributed by atoms with Gasteiger partial charge in [-0.15, -0.1) is 0 Å². The van der Waals surface area contributed by atoms with E-state index in [1.54, 1.807) is 0 Å². The van der Waals surface area contributed by atoms with Gasteiger partial charge in [-0.2, -0.15) is 0 Å². The number of rotatable bonds is 7. The summed E-state index contributed by atoms with van der Waals surface area (Å²) < 4.78 is 12.0. The number of nitrogens with one attached hydrogen (secondary N) is 1. The first kappa shape index (κ1) is 22.7. The van der Waals surface area contributed by atoms with Crippen LogP contribution in [0.15, 0.2) is 101 Å². The van der Waals surface area contributed by atoms with Crippen molar-refractivity contribution in [3.63, 3.8) is 0 Å². The van der Waals surface area contributed by atoms with Gasteiger partial charge in [0.15, 0.2) is 16.7 Å². The molecule has 0 unspecified atom stereocenters. The Morgan fingerprint density at radius 3 is 2.54 bits per heavy atom. The quantitative estimate of drug-likeness (QED) is 0.299. The molecule has 0 saturated carbocycles. The summed E-state index contributed by atoms with van der Waals surface area (Å²) >= 11 is 1.32. The van der Waals surface area contributed by atoms with Crippen LogP contribution in [0, 0.1) is 0 Å². The molecule has 174 valence electrons. The highest BCUT2D eigenvalue weighted by Crippen LogP contribution is 2.33. The van der Waals surface area contributed by atoms with Gasteiger partial charge in [-0.25, -0.2) is 4.99 Å². The standard InChI is InChI=1S/C29H24N2O3S/c1-2-33-26-17-20(18-27-28(32)31-29(35-27)30-23-12-4-3-5-13-23)15-16-25(26)34-19-22-11-8-10-21-9-6-7-14-24(21)22/h3-18H,2,19H2,1H3,(H,30,31,32)/b27-18-. The van der Waals surface area contributed by atoms with Crippen molar-refractivity contribution in [2.24, 2.45) is 4.99 Å². The number of carbonyl (C=O) groups is 1. The molecule has 1 aliphatic heterocycles. The third-order valence-corrected chi connectivity index (χ3v) is 6.38. The lowest BCUT2D eigenvalue weighted by Crippen LogP contribution is -2.19. The summed E-state index contributed by atoms with van der Waals surface area (Å²) in [4.78, 5) is 17.6. The smallest absolute Gasteiger partial charge is 0.264 e. The van der Waals surface area contributed by atoms with Crippen molar-refractivity contribution in [1.82, 2.24) is 5.32 Å². The van der Waals surface area contributed by atoms with Gasteiger partial charge in [0.25, 0.3) is 5.91 Å². The van der Waals surface area contributed by atoms with Gasteiger partial charge in [-0.1, -0.05) is 66.7 Å². The number of thioether (sulfide) groups is 1. The van der Waals surface area contributed by atoms with Crippen LogP contribution >= 0.6 is 11.8 Å². The van der Waals surface area contributed by atoms with Gasteiger partial charge < -0.3 is 14.8 Å². The first-order valence-corrected chi connectivity index (χ1v) is 12.2. The second kappa shape index (κ2) is 10.5. The Labute approximate surface area is 208 Å². The van der Waals surface area contributed by atoms with E-state index in [2.05, 4.69) is 34.6 Å². The zero-order chi connectivity index (χ0) is 24.0. The van der Waals surface area contributed by atoms with Crippen LogP contribution in [0.4, 0.5) is 5.69 Å². The lowest BCUT2D eigenvalue weighted by Gasteiger charge is -2.14. The van der Waals surface area contributed by atoms with Crippen molar-refractivity contribution >= 4 is 45.4 Å². The number of aliphatic imine (C=N–C) groups is 1. The minimum atomic E-state index is -0.168. The summed E-state index contributed by atoms with van der Waals surface area (Å²) in [5.41, 5.74) is 2.76. The van der Waals surface area contributed by atoms with Gasteiger partial charge in [-0.3, -0.25) is 4.79 Å². The number of benzene rings is 4. The van der Waals surface area contributed by atoms with Crippen LogP contribution in [0.2, 0.25) is 0 Å². The monoisotopic (exact) mass is 480 g/mol. The maximum Gasteiger partial charge on any atom is 0.264 e. The van der Waals surface area contributed by atoms with Crippen molar-refractivity contribution < 1.29 is 14.3 Å². The van der Waals surface area contributed by atoms with Crippen LogP contribution in [-0.4, -0.2) is 17.7 Å². The number of nitrogens with zero attached hydrogens (tertiary/aromatic N) is 1. The fourth-order valence-electron chi connectivity index (χ4n) is 3.83. The molecule has 1 amide bonds. The van der Waals surface area contributed by atoms with Gasteiger partial charge in [0, 0.05) is 0 Å². The largest absolute Gasteiger partial charge is 0.490 e. The fraction of sp³-hybridized carbons (Fsp3) is 0.103. The normalized spacial score (nSPS) is 15.5. The Kier molecular flexibility index (Phi) is 6.82. The molecule has 5 rings (SSSR count). The van der Waals surface area contributed by atoms with E-state index >= 15 is 0 Å². The molecule has 5 nitrogen and oxygen atoms in total. The fourth-order valence-corrected chi connectivity index (χ4v) is 4.67. The van der Waals surface area contributed by atoms with Crippen molar-refractivity contribution in [2.45, 2.75) is 13.5 Å². The molecule has 4 aromatic carbocycles. The maximum absolute atomic E-state index is 12.5. The van der Waals surface area contributed by atoms with Crippen LogP contribution in [-0.2, 0) is 11.4 Å². The summed E-state index contributed by atoms with van der Waals surface area (Å²) in [6, 6.07) is 29.7. The number of amidine groups is 1. The highest BCUT2D eigenvalue weighted by atomic mass is 32.2. The molecular formula is C29H24N2O3S. The summed E-state index contributed by atoms with van der Waals surface area (Å²) in [5.74, 6) is 1.14. The molecule has 4 aromatic rings. The summed E-state index contributed by atoms with van der Waals surface area (Å²) in [5, 5.41) is 5.75. The molecule has 0 aliphatic carbocycles. The molecular weight excluding hydrogens is 456 g/mol. The molecule has 1 fully saturated rings. The molecule has 1 saturated heterocycles. The molecule has 1 N–H and O–H groups in total. The third-order valence-electron chi connectivity index (χ3n) is 5.47. The number of para-hydroxylation sites is 1. The van der Waals surface area contributed by atoms with E-state index in [0.29, 0.717) is 34.8 Å². The van der Waals surface area contributed by atoms with Crippen LogP contribution in [0.1, 0.15) is 18.1 Å². The van der Waals surface area contributed by atoms with E-state index in [-0.39, 0.29) is 5.91 Å². The van der Waals surface area contributed by atoms with Gasteiger partial charge in [0.05, 0.1) is 17.2 Å². The summed E-state index contributed by atoms with van der Waals surface area (Å²) in [6.07, 6.45) is 1.84. The van der Waals surface area contributed by atoms with Gasteiger partial charge in [0.2, 0.25) is 0 Å². The van der Waals surface area contributed by atoms with Crippen LogP contribution in [0.3, 0.4) is 0 Å². The second-order valence-corrected chi connectivity index (χ2v) is 8.91. The van der Waals surface area contributed by atoms with Gasteiger partial charge in [0.1, 0.15) is 6.61 Å². The van der Waals surface area contributed by atoms with E-state index in [9.17, 15) is 4.79 Å². The average Bonchev–Trinajstić information content (AvgIpc) is 3.22. The van der Waals surface area contributed by atoms with E-state index in [4.69, 9.17) is 9.47 Å². The SMILES string of the molecule is CCOc1cc(/C=C2\SC(=Nc3ccccc3)NC2=O)ccc1OCc1cccc2ccccc12. The number of hydrogen-bond acceptors (Lipinski definition) is 5. The van der Waals surface area contributed by atoms with E-state index in [1.165, 1.54) is 22.5 Å². The Bertz CT molecular complexity index is 1430. The molecule has 1 aliphatic rings. The van der Waals surface area contributed by atoms with Crippen molar-refractivity contribution in [2.75, 3.05) is 6.61 Å². The molecule has 6 heteroatoms. The average molecular weight is 481 g/mol. The number of carbonyl (C=O) groups excluding carboxylic acids is 1. The van der Waals surface area contributed by atoms with E-state index in [1.807, 2.05) is 79.7 Å². The molecule has 0 radical (unpaired) electrons. The first-order chi connectivity index (χ1) is 17.2. The maximum atomic E-state index is 12.5. The number of hydrogen-bond donors (Lipinski definition) is 1. The number of fused-ring (bicyclic) bond motifs is 1. The van der Waals surface area contributed by atoms with Gasteiger partial charge >= 0.3 is 0 Å². The molecule has 0 atom stereocenters. The minimum Gasteiger partial charge on any atom is -0.490 e. The van der Waals surface area contributed by atoms with Crippen molar-refractivity contribution in [3.8, 4) is 11.5 Å². The minimum absolute atomic E-state index is 0.168. The predicted octanol–water partition coefficient (Wildman–Crippen LogP) is 6.71. The van der Waals surface area contributed by atoms with Gasteiger partial charge in [-0.05, 0) is 70.9 Å².